The highest BCUT2D eigenvalue weighted by Gasteiger charge is 2.30. The molecular weight excluding hydrogens is 461 g/mol. The second-order valence-electron chi connectivity index (χ2n) is 7.45. The van der Waals surface area contributed by atoms with Gasteiger partial charge in [-0.1, -0.05) is 6.07 Å². The van der Waals surface area contributed by atoms with Crippen LogP contribution in [-0.2, 0) is 19.6 Å². The van der Waals surface area contributed by atoms with Gasteiger partial charge in [0.2, 0.25) is 11.8 Å². The third kappa shape index (κ3) is 5.90. The molecule has 3 aromatic carbocycles. The summed E-state index contributed by atoms with van der Waals surface area (Å²) >= 11 is 0. The van der Waals surface area contributed by atoms with Gasteiger partial charge in [-0.05, 0) is 73.2 Å². The van der Waals surface area contributed by atoms with Crippen LogP contribution in [0.2, 0.25) is 0 Å². The number of sulfonamides is 1. The molecule has 34 heavy (non-hydrogen) atoms. The first-order valence-corrected chi connectivity index (χ1v) is 11.6. The molecule has 2 amide bonds. The minimum absolute atomic E-state index is 0.112. The molecule has 0 saturated carbocycles. The highest BCUT2D eigenvalue weighted by Crippen LogP contribution is 2.31. The molecule has 0 unspecified atom stereocenters. The van der Waals surface area contributed by atoms with E-state index in [1.165, 1.54) is 38.3 Å². The van der Waals surface area contributed by atoms with E-state index in [1.807, 2.05) is 0 Å². The van der Waals surface area contributed by atoms with Crippen LogP contribution in [0.3, 0.4) is 0 Å². The van der Waals surface area contributed by atoms with E-state index < -0.39 is 28.3 Å². The van der Waals surface area contributed by atoms with Crippen LogP contribution in [0.4, 0.5) is 21.5 Å². The van der Waals surface area contributed by atoms with Crippen molar-refractivity contribution in [3.8, 4) is 5.75 Å². The summed E-state index contributed by atoms with van der Waals surface area (Å²) in [4.78, 5) is 23.9. The van der Waals surface area contributed by atoms with Crippen molar-refractivity contribution in [2.45, 2.75) is 18.7 Å². The number of anilines is 3. The summed E-state index contributed by atoms with van der Waals surface area (Å²) in [5.74, 6) is -1.28. The number of carbonyl (C=O) groups is 2. The molecule has 0 heterocycles. The predicted molar refractivity (Wildman–Crippen MR) is 128 cm³/mol. The lowest BCUT2D eigenvalue weighted by atomic mass is 10.2. The minimum Gasteiger partial charge on any atom is -0.495 e. The van der Waals surface area contributed by atoms with E-state index in [0.717, 1.165) is 16.4 Å². The van der Waals surface area contributed by atoms with Gasteiger partial charge in [0.05, 0.1) is 12.8 Å². The van der Waals surface area contributed by atoms with Gasteiger partial charge >= 0.3 is 0 Å². The molecule has 0 fully saturated rings. The molecule has 0 aromatic heterocycles. The number of aryl methyl sites for hydroxylation is 1. The van der Waals surface area contributed by atoms with Crippen LogP contribution in [0, 0.1) is 12.7 Å². The Kier molecular flexibility index (Phi) is 7.52. The molecule has 0 radical (unpaired) electrons. The molecule has 3 aromatic rings. The van der Waals surface area contributed by atoms with Crippen molar-refractivity contribution in [3.05, 3.63) is 78.1 Å². The number of ether oxygens (including phenoxy) is 1. The van der Waals surface area contributed by atoms with Crippen LogP contribution in [0.15, 0.2) is 71.6 Å². The molecule has 0 aliphatic carbocycles. The summed E-state index contributed by atoms with van der Waals surface area (Å²) < 4.78 is 46.9. The minimum atomic E-state index is -4.26. The normalized spacial score (nSPS) is 10.9. The summed E-state index contributed by atoms with van der Waals surface area (Å²) in [6.45, 7) is 2.54. The number of nitrogens with one attached hydrogen (secondary N) is 2. The van der Waals surface area contributed by atoms with Gasteiger partial charge < -0.3 is 15.4 Å². The molecule has 0 saturated heterocycles. The Bertz CT molecular complexity index is 1290. The van der Waals surface area contributed by atoms with Crippen molar-refractivity contribution in [2.75, 3.05) is 28.6 Å². The van der Waals surface area contributed by atoms with Gasteiger partial charge in [-0.15, -0.1) is 0 Å². The summed E-state index contributed by atoms with van der Waals surface area (Å²) in [5, 5.41) is 5.25. The second-order valence-corrected chi connectivity index (χ2v) is 9.28. The summed E-state index contributed by atoms with van der Waals surface area (Å²) in [7, 11) is -2.91. The Morgan fingerprint density at radius 1 is 0.941 bits per heavy atom. The molecule has 0 aliphatic heterocycles. The SMILES string of the molecule is COc1ccc(C)cc1S(=O)(=O)N(CC(=O)Nc1ccc(NC(C)=O)cc1)c1ccc(F)cc1. The number of carbonyl (C=O) groups excluding carboxylic acids is 2. The number of halogens is 1. The lowest BCUT2D eigenvalue weighted by molar-refractivity contribution is -0.115. The number of hydrogen-bond acceptors (Lipinski definition) is 5. The monoisotopic (exact) mass is 485 g/mol. The fourth-order valence-corrected chi connectivity index (χ4v) is 4.86. The van der Waals surface area contributed by atoms with Gasteiger partial charge in [0.1, 0.15) is 23.0 Å². The van der Waals surface area contributed by atoms with Crippen LogP contribution in [0.25, 0.3) is 0 Å². The topological polar surface area (TPSA) is 105 Å². The summed E-state index contributed by atoms with van der Waals surface area (Å²) in [5.41, 5.74) is 1.75. The maximum Gasteiger partial charge on any atom is 0.268 e. The average molecular weight is 486 g/mol. The molecule has 3 rings (SSSR count). The molecule has 0 spiro atoms. The predicted octanol–water partition coefficient (Wildman–Crippen LogP) is 3.94. The van der Waals surface area contributed by atoms with E-state index in [0.29, 0.717) is 16.9 Å². The van der Waals surface area contributed by atoms with E-state index in [9.17, 15) is 22.4 Å². The number of methoxy groups -OCH3 is 1. The van der Waals surface area contributed by atoms with Gasteiger partial charge in [0.25, 0.3) is 10.0 Å². The van der Waals surface area contributed by atoms with Gasteiger partial charge in [0.15, 0.2) is 0 Å². The highest BCUT2D eigenvalue weighted by atomic mass is 32.2. The molecule has 0 atom stereocenters. The zero-order valence-electron chi connectivity index (χ0n) is 18.8. The van der Waals surface area contributed by atoms with E-state index in [2.05, 4.69) is 10.6 Å². The van der Waals surface area contributed by atoms with Crippen molar-refractivity contribution in [2.24, 2.45) is 0 Å². The summed E-state index contributed by atoms with van der Waals surface area (Å²) in [6.07, 6.45) is 0. The first-order valence-electron chi connectivity index (χ1n) is 10.2. The van der Waals surface area contributed by atoms with Crippen LogP contribution in [-0.4, -0.2) is 33.9 Å². The zero-order chi connectivity index (χ0) is 24.9. The lowest BCUT2D eigenvalue weighted by Crippen LogP contribution is -2.38. The number of benzene rings is 3. The second kappa shape index (κ2) is 10.3. The number of nitrogens with zero attached hydrogens (tertiary/aromatic N) is 1. The van der Waals surface area contributed by atoms with E-state index in [4.69, 9.17) is 4.74 Å². The first-order chi connectivity index (χ1) is 16.1. The van der Waals surface area contributed by atoms with Crippen LogP contribution in [0.5, 0.6) is 5.75 Å². The van der Waals surface area contributed by atoms with Crippen LogP contribution >= 0.6 is 0 Å². The van der Waals surface area contributed by atoms with Gasteiger partial charge in [-0.3, -0.25) is 13.9 Å². The molecule has 8 nitrogen and oxygen atoms in total. The average Bonchev–Trinajstić information content (AvgIpc) is 2.79. The zero-order valence-corrected chi connectivity index (χ0v) is 19.6. The van der Waals surface area contributed by atoms with Crippen molar-refractivity contribution < 1.29 is 27.1 Å². The summed E-state index contributed by atoms with van der Waals surface area (Å²) in [6, 6.07) is 15.8. The smallest absolute Gasteiger partial charge is 0.268 e. The third-order valence-corrected chi connectivity index (χ3v) is 6.57. The molecule has 0 bridgehead atoms. The Balaban J connectivity index is 1.93. The van der Waals surface area contributed by atoms with Gasteiger partial charge in [-0.2, -0.15) is 0 Å². The largest absolute Gasteiger partial charge is 0.495 e. The number of hydrogen-bond donors (Lipinski definition) is 2. The fourth-order valence-electron chi connectivity index (χ4n) is 3.20. The highest BCUT2D eigenvalue weighted by molar-refractivity contribution is 7.93. The molecule has 10 heteroatoms. The van der Waals surface area contributed by atoms with Crippen molar-refractivity contribution >= 4 is 38.9 Å². The first kappa shape index (κ1) is 24.7. The molecule has 2 N–H and O–H groups in total. The van der Waals surface area contributed by atoms with Crippen molar-refractivity contribution in [1.29, 1.82) is 0 Å². The van der Waals surface area contributed by atoms with E-state index in [-0.39, 0.29) is 22.2 Å². The van der Waals surface area contributed by atoms with Crippen LogP contribution in [0.1, 0.15) is 12.5 Å². The number of rotatable bonds is 8. The van der Waals surface area contributed by atoms with Crippen molar-refractivity contribution in [3.63, 3.8) is 0 Å². The lowest BCUT2D eigenvalue weighted by Gasteiger charge is -2.25. The molecule has 0 aliphatic rings. The maximum atomic E-state index is 13.6. The Hall–Kier alpha value is -3.92. The number of amides is 2. The van der Waals surface area contributed by atoms with Crippen LogP contribution < -0.4 is 19.7 Å². The standard InChI is InChI=1S/C24H24FN3O5S/c1-16-4-13-22(33-3)23(14-16)34(31,32)28(21-11-5-18(25)6-12-21)15-24(30)27-20-9-7-19(8-10-20)26-17(2)29/h4-14H,15H2,1-3H3,(H,26,29)(H,27,30). The Morgan fingerprint density at radius 2 is 1.53 bits per heavy atom. The Labute approximate surface area is 197 Å². The van der Waals surface area contributed by atoms with Gasteiger partial charge in [0, 0.05) is 18.3 Å². The molecule has 178 valence electrons. The molecular formula is C24H24FN3O5S. The maximum absolute atomic E-state index is 13.6. The Morgan fingerprint density at radius 3 is 2.09 bits per heavy atom. The van der Waals surface area contributed by atoms with E-state index >= 15 is 0 Å². The third-order valence-electron chi connectivity index (χ3n) is 4.78. The van der Waals surface area contributed by atoms with Crippen molar-refractivity contribution in [1.82, 2.24) is 0 Å². The quantitative estimate of drug-likeness (QED) is 0.503. The van der Waals surface area contributed by atoms with E-state index in [1.54, 1.807) is 37.3 Å². The fraction of sp³-hybridized carbons (Fsp3) is 0.167. The van der Waals surface area contributed by atoms with Gasteiger partial charge in [-0.25, -0.2) is 12.8 Å².